The van der Waals surface area contributed by atoms with Crippen LogP contribution < -0.4 is 15.4 Å². The summed E-state index contributed by atoms with van der Waals surface area (Å²) < 4.78 is 10.2. The molecule has 0 radical (unpaired) electrons. The van der Waals surface area contributed by atoms with E-state index in [2.05, 4.69) is 0 Å². The zero-order chi connectivity index (χ0) is 21.9. The molecule has 3 aliphatic heterocycles. The third kappa shape index (κ3) is 2.70. The fourth-order valence-corrected chi connectivity index (χ4v) is 5.63. The summed E-state index contributed by atoms with van der Waals surface area (Å²) in [7, 11) is 1.23. The molecule has 9 heteroatoms. The number of anilines is 1. The molecule has 3 atom stereocenters. The number of fused-ring (bicyclic) bond motifs is 5. The predicted molar refractivity (Wildman–Crippen MR) is 111 cm³/mol. The standard InChI is InChI=1S/C22H16N2O6S/c1-29-21(27)10-6-2-4-8-12(10)24-19(25)15-14-11-7-3-5-9-13(11)30-22(28)16(14)18(23)31-17(15)20(24)26/h2-9,14-15,17H,23H2,1H3/t14-,15+,17-/m1/s1. The first kappa shape index (κ1) is 19.4. The third-order valence-corrected chi connectivity index (χ3v) is 6.93. The average molecular weight is 436 g/mol. The van der Waals surface area contributed by atoms with E-state index in [4.69, 9.17) is 15.2 Å². The van der Waals surface area contributed by atoms with Crippen LogP contribution in [-0.4, -0.2) is 36.1 Å². The molecule has 0 bridgehead atoms. The van der Waals surface area contributed by atoms with Crippen LogP contribution in [0, 0.1) is 5.92 Å². The Kier molecular flexibility index (Phi) is 4.37. The van der Waals surface area contributed by atoms with E-state index in [-0.39, 0.29) is 21.9 Å². The molecule has 5 rings (SSSR count). The number of benzene rings is 2. The second-order valence-corrected chi connectivity index (χ2v) is 8.45. The lowest BCUT2D eigenvalue weighted by molar-refractivity contribution is -0.131. The smallest absolute Gasteiger partial charge is 0.342 e. The topological polar surface area (TPSA) is 116 Å². The normalized spacial score (nSPS) is 24.4. The molecule has 0 aliphatic carbocycles. The van der Waals surface area contributed by atoms with Crippen molar-refractivity contribution in [3.05, 3.63) is 70.3 Å². The number of hydrogen-bond acceptors (Lipinski definition) is 8. The van der Waals surface area contributed by atoms with Gasteiger partial charge in [-0.1, -0.05) is 42.1 Å². The molecule has 8 nitrogen and oxygen atoms in total. The highest BCUT2D eigenvalue weighted by atomic mass is 32.2. The first-order valence-electron chi connectivity index (χ1n) is 9.46. The monoisotopic (exact) mass is 436 g/mol. The van der Waals surface area contributed by atoms with Crippen molar-refractivity contribution in [2.45, 2.75) is 11.2 Å². The van der Waals surface area contributed by atoms with Crippen molar-refractivity contribution in [3.63, 3.8) is 0 Å². The van der Waals surface area contributed by atoms with Crippen molar-refractivity contribution in [1.29, 1.82) is 0 Å². The molecule has 1 saturated heterocycles. The van der Waals surface area contributed by atoms with Gasteiger partial charge in [-0.05, 0) is 18.2 Å². The van der Waals surface area contributed by atoms with E-state index < -0.39 is 40.8 Å². The summed E-state index contributed by atoms with van der Waals surface area (Å²) in [6.45, 7) is 0. The van der Waals surface area contributed by atoms with Gasteiger partial charge in [0.1, 0.15) is 11.0 Å². The van der Waals surface area contributed by atoms with Crippen LogP contribution in [0.4, 0.5) is 5.69 Å². The Morgan fingerprint density at radius 1 is 1.06 bits per heavy atom. The van der Waals surface area contributed by atoms with Gasteiger partial charge in [0.2, 0.25) is 11.8 Å². The molecule has 31 heavy (non-hydrogen) atoms. The first-order valence-corrected chi connectivity index (χ1v) is 10.3. The van der Waals surface area contributed by atoms with Gasteiger partial charge in [0.05, 0.1) is 34.9 Å². The number of esters is 2. The average Bonchev–Trinajstić information content (AvgIpc) is 3.02. The number of rotatable bonds is 2. The van der Waals surface area contributed by atoms with Crippen LogP contribution in [0.1, 0.15) is 21.8 Å². The maximum atomic E-state index is 13.6. The Morgan fingerprint density at radius 2 is 1.77 bits per heavy atom. The lowest BCUT2D eigenvalue weighted by atomic mass is 9.77. The minimum atomic E-state index is -0.862. The highest BCUT2D eigenvalue weighted by Crippen LogP contribution is 2.54. The second kappa shape index (κ2) is 6.98. The number of nitrogens with zero attached hydrogens (tertiary/aromatic N) is 1. The summed E-state index contributed by atoms with van der Waals surface area (Å²) in [4.78, 5) is 52.9. The highest BCUT2D eigenvalue weighted by Gasteiger charge is 2.59. The molecule has 0 unspecified atom stereocenters. The molecule has 3 aliphatic rings. The Labute approximate surface area is 181 Å². The van der Waals surface area contributed by atoms with Crippen molar-refractivity contribution in [1.82, 2.24) is 0 Å². The van der Waals surface area contributed by atoms with E-state index >= 15 is 0 Å². The molecule has 1 fully saturated rings. The van der Waals surface area contributed by atoms with Gasteiger partial charge < -0.3 is 15.2 Å². The zero-order valence-electron chi connectivity index (χ0n) is 16.2. The molecule has 2 aromatic rings. The minimum absolute atomic E-state index is 0.0972. The minimum Gasteiger partial charge on any atom is -0.465 e. The summed E-state index contributed by atoms with van der Waals surface area (Å²) in [6, 6.07) is 13.1. The number of imide groups is 1. The van der Waals surface area contributed by atoms with Gasteiger partial charge in [-0.15, -0.1) is 0 Å². The first-order chi connectivity index (χ1) is 14.9. The van der Waals surface area contributed by atoms with E-state index in [9.17, 15) is 19.2 Å². The molecule has 0 spiro atoms. The fourth-order valence-electron chi connectivity index (χ4n) is 4.39. The van der Waals surface area contributed by atoms with Gasteiger partial charge in [0, 0.05) is 11.5 Å². The van der Waals surface area contributed by atoms with Crippen molar-refractivity contribution in [3.8, 4) is 5.75 Å². The van der Waals surface area contributed by atoms with Crippen molar-refractivity contribution in [2.75, 3.05) is 12.0 Å². The van der Waals surface area contributed by atoms with E-state index in [1.54, 1.807) is 36.4 Å². The Balaban J connectivity index is 1.66. The zero-order valence-corrected chi connectivity index (χ0v) is 17.0. The van der Waals surface area contributed by atoms with Crippen LogP contribution in [0.15, 0.2) is 59.1 Å². The van der Waals surface area contributed by atoms with Gasteiger partial charge in [-0.3, -0.25) is 9.59 Å². The molecule has 2 aromatic carbocycles. The van der Waals surface area contributed by atoms with E-state index in [0.717, 1.165) is 16.7 Å². The second-order valence-electron chi connectivity index (χ2n) is 7.27. The van der Waals surface area contributed by atoms with Crippen LogP contribution in [0.25, 0.3) is 0 Å². The summed E-state index contributed by atoms with van der Waals surface area (Å²) in [6.07, 6.45) is 0. The number of nitrogens with two attached hydrogens (primary N) is 1. The summed E-state index contributed by atoms with van der Waals surface area (Å²) in [5, 5.41) is -0.666. The Hall–Kier alpha value is -3.59. The van der Waals surface area contributed by atoms with Crippen LogP contribution in [-0.2, 0) is 19.1 Å². The number of carbonyl (C=O) groups excluding carboxylic acids is 4. The third-order valence-electron chi connectivity index (χ3n) is 5.71. The summed E-state index contributed by atoms with van der Waals surface area (Å²) in [5.74, 6) is -3.51. The number of amides is 2. The molecule has 0 saturated carbocycles. The molecule has 2 amide bonds. The SMILES string of the molecule is COC(=O)c1ccccc1N1C(=O)[C@H]2[C@@H]3C(=C(N)S[C@H]2C1=O)C(=O)Oc1ccccc13. The van der Waals surface area contributed by atoms with Gasteiger partial charge in [0.15, 0.2) is 0 Å². The maximum Gasteiger partial charge on any atom is 0.342 e. The van der Waals surface area contributed by atoms with Gasteiger partial charge >= 0.3 is 11.9 Å². The molecule has 156 valence electrons. The fraction of sp³-hybridized carbons (Fsp3) is 0.182. The molecule has 2 N–H and O–H groups in total. The van der Waals surface area contributed by atoms with Crippen molar-refractivity contribution < 1.29 is 28.7 Å². The van der Waals surface area contributed by atoms with Gasteiger partial charge in [0.25, 0.3) is 0 Å². The largest absolute Gasteiger partial charge is 0.465 e. The number of ether oxygens (including phenoxy) is 2. The van der Waals surface area contributed by atoms with Crippen LogP contribution >= 0.6 is 11.8 Å². The number of carbonyl (C=O) groups is 4. The molecular formula is C22H16N2O6S. The van der Waals surface area contributed by atoms with Gasteiger partial charge in [-0.25, -0.2) is 14.5 Å². The van der Waals surface area contributed by atoms with Crippen LogP contribution in [0.3, 0.4) is 0 Å². The Morgan fingerprint density at radius 3 is 2.55 bits per heavy atom. The molecule has 0 aromatic heterocycles. The Bertz CT molecular complexity index is 1210. The van der Waals surface area contributed by atoms with E-state index in [0.29, 0.717) is 11.3 Å². The predicted octanol–water partition coefficient (Wildman–Crippen LogP) is 1.95. The maximum absolute atomic E-state index is 13.6. The van der Waals surface area contributed by atoms with Crippen LogP contribution in [0.2, 0.25) is 0 Å². The molecular weight excluding hydrogens is 420 g/mol. The van der Waals surface area contributed by atoms with Crippen molar-refractivity contribution >= 4 is 41.2 Å². The van der Waals surface area contributed by atoms with E-state index in [1.165, 1.54) is 19.2 Å². The molecule has 3 heterocycles. The van der Waals surface area contributed by atoms with Crippen LogP contribution in [0.5, 0.6) is 5.75 Å². The lowest BCUT2D eigenvalue weighted by Crippen LogP contribution is -2.39. The number of hydrogen-bond donors (Lipinski definition) is 1. The van der Waals surface area contributed by atoms with Crippen molar-refractivity contribution in [2.24, 2.45) is 11.7 Å². The van der Waals surface area contributed by atoms with Gasteiger partial charge in [-0.2, -0.15) is 0 Å². The summed E-state index contributed by atoms with van der Waals surface area (Å²) >= 11 is 0.980. The highest BCUT2D eigenvalue weighted by molar-refractivity contribution is 8.04. The number of methoxy groups -OCH3 is 1. The quantitative estimate of drug-likeness (QED) is 0.431. The summed E-state index contributed by atoms with van der Waals surface area (Å²) in [5.41, 5.74) is 7.23. The number of para-hydroxylation sites is 2. The number of thioether (sulfide) groups is 1. The van der Waals surface area contributed by atoms with E-state index in [1.807, 2.05) is 0 Å². The lowest BCUT2D eigenvalue weighted by Gasteiger charge is -2.36.